The maximum atomic E-state index is 12.4. The second-order valence-electron chi connectivity index (χ2n) is 1.97. The molecule has 0 saturated heterocycles. The molecule has 0 atom stereocenters. The summed E-state index contributed by atoms with van der Waals surface area (Å²) in [6.45, 7) is 0. The number of fused-ring (bicyclic) bond motifs is 1. The van der Waals surface area contributed by atoms with Crippen molar-refractivity contribution >= 4 is 23.5 Å². The minimum absolute atomic E-state index is 0.102. The third-order valence-corrected chi connectivity index (χ3v) is 1.58. The van der Waals surface area contributed by atoms with Crippen LogP contribution in [-0.4, -0.2) is 9.97 Å². The Morgan fingerprint density at radius 1 is 1.36 bits per heavy atom. The molecule has 1 aromatic heterocycles. The van der Waals surface area contributed by atoms with E-state index < -0.39 is 6.08 Å². The van der Waals surface area contributed by atoms with Gasteiger partial charge in [-0.25, -0.2) is 5.32 Å². The van der Waals surface area contributed by atoms with Crippen molar-refractivity contribution in [2.75, 3.05) is 0 Å². The van der Waals surface area contributed by atoms with Gasteiger partial charge in [-0.1, -0.05) is 11.6 Å². The van der Waals surface area contributed by atoms with Gasteiger partial charge in [-0.05, 0) is 6.08 Å². The highest BCUT2D eigenvalue weighted by Gasteiger charge is 2.14. The smallest absolute Gasteiger partial charge is 0.236 e. The highest BCUT2D eigenvalue weighted by molar-refractivity contribution is 6.31. The number of rotatable bonds is 0. The molecule has 1 aliphatic rings. The predicted molar refractivity (Wildman–Crippen MR) is 37.8 cm³/mol. The normalized spacial score (nSPS) is 12.9. The molecule has 55 valence electrons. The second-order valence-corrected chi connectivity index (χ2v) is 2.32. The van der Waals surface area contributed by atoms with E-state index >= 15 is 0 Å². The summed E-state index contributed by atoms with van der Waals surface area (Å²) in [6, 6.07) is 0. The minimum Gasteiger partial charge on any atom is -0.236 e. The summed E-state index contributed by atoms with van der Waals surface area (Å²) in [7, 11) is 0. The van der Waals surface area contributed by atoms with Crippen LogP contribution in [0.5, 0.6) is 0 Å². The van der Waals surface area contributed by atoms with E-state index in [0.717, 1.165) is 0 Å². The van der Waals surface area contributed by atoms with Gasteiger partial charge >= 0.3 is 6.08 Å². The maximum absolute atomic E-state index is 12.4. The van der Waals surface area contributed by atoms with Crippen molar-refractivity contribution in [3.8, 4) is 0 Å². The van der Waals surface area contributed by atoms with Crippen molar-refractivity contribution in [2.24, 2.45) is 0 Å². The van der Waals surface area contributed by atoms with Crippen LogP contribution < -0.4 is 5.32 Å². The lowest BCUT2D eigenvalue weighted by atomic mass is 10.3. The van der Waals surface area contributed by atoms with Crippen LogP contribution in [0.1, 0.15) is 5.56 Å². The topological polar surface area (TPSA) is 39.9 Å². The molecule has 3 nitrogen and oxygen atoms in total. The molecule has 2 heterocycles. The molecule has 0 bridgehead atoms. The molecule has 1 radical (unpaired) electrons. The van der Waals surface area contributed by atoms with E-state index in [4.69, 9.17) is 11.6 Å². The van der Waals surface area contributed by atoms with Crippen LogP contribution >= 0.6 is 11.6 Å². The Labute approximate surface area is 66.9 Å². The van der Waals surface area contributed by atoms with E-state index in [9.17, 15) is 4.39 Å². The average molecular weight is 171 g/mol. The number of aromatic nitrogens is 2. The molecule has 0 aliphatic carbocycles. The first kappa shape index (κ1) is 6.54. The van der Waals surface area contributed by atoms with E-state index in [0.29, 0.717) is 11.4 Å². The van der Waals surface area contributed by atoms with Gasteiger partial charge in [-0.2, -0.15) is 14.4 Å². The largest absolute Gasteiger partial charge is 0.312 e. The minimum atomic E-state index is -0.846. The number of hydrogen-bond acceptors (Lipinski definition) is 2. The van der Waals surface area contributed by atoms with Crippen molar-refractivity contribution in [1.29, 1.82) is 0 Å². The summed E-state index contributed by atoms with van der Waals surface area (Å²) in [5.41, 5.74) is 0.577. The van der Waals surface area contributed by atoms with Gasteiger partial charge in [0, 0.05) is 6.20 Å². The number of nitrogens with zero attached hydrogens (tertiary/aromatic N) is 3. The number of hydrogen-bond donors (Lipinski definition) is 0. The van der Waals surface area contributed by atoms with Crippen molar-refractivity contribution in [3.63, 3.8) is 0 Å². The second kappa shape index (κ2) is 2.17. The molecule has 11 heavy (non-hydrogen) atoms. The lowest BCUT2D eigenvalue weighted by molar-refractivity contribution is 0.538. The SMILES string of the molecule is Fc1nc(Cl)c2c(n1)[N]C=C2. The lowest BCUT2D eigenvalue weighted by Crippen LogP contribution is -1.95. The fourth-order valence-electron chi connectivity index (χ4n) is 0.830. The quantitative estimate of drug-likeness (QED) is 0.437. The Morgan fingerprint density at radius 2 is 2.18 bits per heavy atom. The fraction of sp³-hybridized carbons (Fsp3) is 0. The summed E-state index contributed by atoms with van der Waals surface area (Å²) in [5, 5.41) is 3.87. The zero-order valence-corrected chi connectivity index (χ0v) is 6.01. The first-order chi connectivity index (χ1) is 5.27. The van der Waals surface area contributed by atoms with Crippen LogP contribution in [-0.2, 0) is 0 Å². The molecule has 5 heteroatoms. The van der Waals surface area contributed by atoms with E-state index in [-0.39, 0.29) is 5.15 Å². The molecule has 0 saturated carbocycles. The average Bonchev–Trinajstić information content (AvgIpc) is 2.34. The molecular formula is C6H2ClFN3. The van der Waals surface area contributed by atoms with Gasteiger partial charge in [0.1, 0.15) is 5.15 Å². The summed E-state index contributed by atoms with van der Waals surface area (Å²) < 4.78 is 12.4. The van der Waals surface area contributed by atoms with E-state index in [1.54, 1.807) is 6.08 Å². The zero-order valence-electron chi connectivity index (χ0n) is 5.25. The summed E-state index contributed by atoms with van der Waals surface area (Å²) >= 11 is 5.57. The molecule has 0 spiro atoms. The maximum Gasteiger partial charge on any atom is 0.312 e. The van der Waals surface area contributed by atoms with Gasteiger partial charge in [0.2, 0.25) is 0 Å². The standard InChI is InChI=1S/C6H2ClFN3/c7-4-3-1-2-9-5(3)11-6(8)10-4/h1-2H. The predicted octanol–water partition coefficient (Wildman–Crippen LogP) is 1.49. The van der Waals surface area contributed by atoms with Gasteiger partial charge in [0.05, 0.1) is 5.56 Å². The molecule has 0 aromatic carbocycles. The van der Waals surface area contributed by atoms with Crippen LogP contribution in [0.25, 0.3) is 6.08 Å². The summed E-state index contributed by atoms with van der Waals surface area (Å²) in [5.74, 6) is 0.294. The monoisotopic (exact) mass is 170 g/mol. The first-order valence-electron chi connectivity index (χ1n) is 2.88. The van der Waals surface area contributed by atoms with E-state index in [1.807, 2.05) is 0 Å². The molecule has 1 aliphatic heterocycles. The third kappa shape index (κ3) is 0.952. The number of halogens is 2. The van der Waals surface area contributed by atoms with Gasteiger partial charge in [-0.3, -0.25) is 0 Å². The van der Waals surface area contributed by atoms with Crippen LogP contribution in [0.4, 0.5) is 10.2 Å². The Balaban J connectivity index is 2.67. The highest BCUT2D eigenvalue weighted by Crippen LogP contribution is 2.26. The van der Waals surface area contributed by atoms with E-state index in [1.165, 1.54) is 6.20 Å². The molecule has 0 N–H and O–H groups in total. The molecular weight excluding hydrogens is 169 g/mol. The van der Waals surface area contributed by atoms with Crippen molar-refractivity contribution in [2.45, 2.75) is 0 Å². The Hall–Kier alpha value is -1.16. The molecule has 0 unspecified atom stereocenters. The highest BCUT2D eigenvalue weighted by atomic mass is 35.5. The summed E-state index contributed by atoms with van der Waals surface area (Å²) in [4.78, 5) is 6.74. The molecule has 1 aromatic rings. The Bertz CT molecular complexity index is 337. The van der Waals surface area contributed by atoms with E-state index in [2.05, 4.69) is 15.3 Å². The van der Waals surface area contributed by atoms with Gasteiger partial charge < -0.3 is 0 Å². The van der Waals surface area contributed by atoms with Crippen LogP contribution in [0.3, 0.4) is 0 Å². The lowest BCUT2D eigenvalue weighted by Gasteiger charge is -1.96. The first-order valence-corrected chi connectivity index (χ1v) is 3.25. The Morgan fingerprint density at radius 3 is 3.00 bits per heavy atom. The molecule has 0 fully saturated rings. The van der Waals surface area contributed by atoms with Crippen molar-refractivity contribution in [1.82, 2.24) is 15.3 Å². The Kier molecular flexibility index (Phi) is 1.29. The van der Waals surface area contributed by atoms with Gasteiger partial charge in [0.15, 0.2) is 5.82 Å². The van der Waals surface area contributed by atoms with Crippen LogP contribution in [0.2, 0.25) is 5.15 Å². The van der Waals surface area contributed by atoms with Crippen molar-refractivity contribution in [3.05, 3.63) is 23.0 Å². The fourth-order valence-corrected chi connectivity index (χ4v) is 1.05. The third-order valence-electron chi connectivity index (χ3n) is 1.29. The van der Waals surface area contributed by atoms with Gasteiger partial charge in [-0.15, -0.1) is 0 Å². The van der Waals surface area contributed by atoms with Crippen LogP contribution in [0.15, 0.2) is 6.20 Å². The summed E-state index contributed by atoms with van der Waals surface area (Å²) in [6.07, 6.45) is 2.29. The van der Waals surface area contributed by atoms with Crippen molar-refractivity contribution < 1.29 is 4.39 Å². The van der Waals surface area contributed by atoms with Gasteiger partial charge in [0.25, 0.3) is 0 Å². The molecule has 0 amide bonds. The zero-order chi connectivity index (χ0) is 7.84. The van der Waals surface area contributed by atoms with Crippen LogP contribution in [0, 0.1) is 6.08 Å². The molecule has 2 rings (SSSR count).